The van der Waals surface area contributed by atoms with Crippen molar-refractivity contribution in [2.24, 2.45) is 0 Å². The van der Waals surface area contributed by atoms with Crippen LogP contribution in [0.2, 0.25) is 0 Å². The quantitative estimate of drug-likeness (QED) is 0.326. The first kappa shape index (κ1) is 20.6. The third-order valence-corrected chi connectivity index (χ3v) is 5.59. The van der Waals surface area contributed by atoms with E-state index in [1.165, 1.54) is 33.3 Å². The summed E-state index contributed by atoms with van der Waals surface area (Å²) in [5.74, 6) is 0. The van der Waals surface area contributed by atoms with E-state index < -0.39 is 0 Å². The molecule has 0 unspecified atom stereocenters. The van der Waals surface area contributed by atoms with Crippen molar-refractivity contribution in [2.75, 3.05) is 11.4 Å². The molecule has 2 aromatic carbocycles. The van der Waals surface area contributed by atoms with Gasteiger partial charge in [-0.15, -0.1) is 0 Å². The molecule has 2 nitrogen and oxygen atoms in total. The van der Waals surface area contributed by atoms with Gasteiger partial charge in [0, 0.05) is 36.1 Å². The normalized spacial score (nSPS) is 15.2. The number of rotatable bonds is 6. The van der Waals surface area contributed by atoms with Crippen LogP contribution in [0.3, 0.4) is 0 Å². The Labute approximate surface area is 185 Å². The summed E-state index contributed by atoms with van der Waals surface area (Å²) in [6.45, 7) is 6.30. The van der Waals surface area contributed by atoms with Gasteiger partial charge < -0.3 is 4.90 Å². The zero-order valence-electron chi connectivity index (χ0n) is 18.3. The van der Waals surface area contributed by atoms with Crippen molar-refractivity contribution in [1.82, 2.24) is 0 Å². The summed E-state index contributed by atoms with van der Waals surface area (Å²) >= 11 is 0. The Hall–Kier alpha value is -3.65. The van der Waals surface area contributed by atoms with Crippen molar-refractivity contribution in [3.05, 3.63) is 121 Å². The Kier molecular flexibility index (Phi) is 6.59. The largest absolute Gasteiger partial charge is 0.348 e. The number of para-hydroxylation sites is 2. The zero-order valence-corrected chi connectivity index (χ0v) is 18.3. The molecule has 3 aromatic rings. The fraction of sp³-hybridized carbons (Fsp3) is 0.138. The summed E-state index contributed by atoms with van der Waals surface area (Å²) in [5.41, 5.74) is 6.29. The molecule has 2 heteroatoms. The van der Waals surface area contributed by atoms with Gasteiger partial charge in [0.05, 0.1) is 5.39 Å². The molecule has 0 spiro atoms. The van der Waals surface area contributed by atoms with E-state index in [9.17, 15) is 0 Å². The second-order valence-corrected chi connectivity index (χ2v) is 7.44. The molecule has 0 radical (unpaired) electrons. The lowest BCUT2D eigenvalue weighted by Gasteiger charge is -2.26. The molecular weight excluding hydrogens is 376 g/mol. The Balaban J connectivity index is 1.46. The van der Waals surface area contributed by atoms with E-state index in [1.807, 2.05) is 0 Å². The predicted molar refractivity (Wildman–Crippen MR) is 134 cm³/mol. The lowest BCUT2D eigenvalue weighted by molar-refractivity contribution is -0.667. The number of nitrogens with zero attached hydrogens (tertiary/aromatic N) is 2. The third-order valence-electron chi connectivity index (χ3n) is 5.59. The minimum absolute atomic E-state index is 0.973. The summed E-state index contributed by atoms with van der Waals surface area (Å²) in [6.07, 6.45) is 21.3. The molecule has 2 heterocycles. The average molecular weight is 406 g/mol. The smallest absolute Gasteiger partial charge is 0.213 e. The third kappa shape index (κ3) is 4.59. The number of hydrogen-bond acceptors (Lipinski definition) is 1. The van der Waals surface area contributed by atoms with Crippen molar-refractivity contribution in [2.45, 2.75) is 20.4 Å². The van der Waals surface area contributed by atoms with Gasteiger partial charge in [-0.05, 0) is 43.2 Å². The summed E-state index contributed by atoms with van der Waals surface area (Å²) in [7, 11) is 0. The molecule has 1 aliphatic heterocycles. The highest BCUT2D eigenvalue weighted by Crippen LogP contribution is 2.32. The fourth-order valence-electron chi connectivity index (χ4n) is 3.97. The van der Waals surface area contributed by atoms with Gasteiger partial charge in [-0.1, -0.05) is 72.9 Å². The minimum Gasteiger partial charge on any atom is -0.348 e. The first-order valence-corrected chi connectivity index (χ1v) is 11.0. The molecule has 0 bridgehead atoms. The molecule has 0 aliphatic carbocycles. The average Bonchev–Trinajstić information content (AvgIpc) is 2.83. The van der Waals surface area contributed by atoms with E-state index in [1.54, 1.807) is 0 Å². The molecule has 4 rings (SSSR count). The van der Waals surface area contributed by atoms with Crippen LogP contribution in [0, 0.1) is 0 Å². The van der Waals surface area contributed by atoms with Crippen LogP contribution in [0.5, 0.6) is 0 Å². The summed E-state index contributed by atoms with van der Waals surface area (Å²) in [5, 5.41) is 1.28. The second-order valence-electron chi connectivity index (χ2n) is 7.44. The molecule has 1 aliphatic rings. The van der Waals surface area contributed by atoms with Crippen molar-refractivity contribution in [3.8, 4) is 0 Å². The first-order chi connectivity index (χ1) is 15.3. The Morgan fingerprint density at radius 1 is 0.839 bits per heavy atom. The Morgan fingerprint density at radius 3 is 2.48 bits per heavy atom. The van der Waals surface area contributed by atoms with Crippen LogP contribution in [-0.2, 0) is 6.54 Å². The summed E-state index contributed by atoms with van der Waals surface area (Å²) in [6, 6.07) is 19.3. The number of aromatic nitrogens is 1. The number of pyridine rings is 1. The van der Waals surface area contributed by atoms with Crippen LogP contribution in [0.4, 0.5) is 5.69 Å². The Bertz CT molecular complexity index is 1210. The van der Waals surface area contributed by atoms with Crippen LogP contribution >= 0.6 is 0 Å². The number of anilines is 1. The number of hydrogen-bond donors (Lipinski definition) is 0. The van der Waals surface area contributed by atoms with Crippen molar-refractivity contribution < 1.29 is 4.57 Å². The maximum atomic E-state index is 2.27. The van der Waals surface area contributed by atoms with E-state index in [-0.39, 0.29) is 0 Å². The van der Waals surface area contributed by atoms with Gasteiger partial charge in [-0.3, -0.25) is 0 Å². The van der Waals surface area contributed by atoms with Crippen molar-refractivity contribution in [1.29, 1.82) is 0 Å². The summed E-state index contributed by atoms with van der Waals surface area (Å²) < 4.78 is 2.27. The van der Waals surface area contributed by atoms with Gasteiger partial charge in [-0.25, -0.2) is 0 Å². The topological polar surface area (TPSA) is 7.12 Å². The molecule has 31 heavy (non-hydrogen) atoms. The van der Waals surface area contributed by atoms with Gasteiger partial charge in [0.1, 0.15) is 6.54 Å². The van der Waals surface area contributed by atoms with Gasteiger partial charge in [0.15, 0.2) is 6.20 Å². The maximum absolute atomic E-state index is 2.27. The van der Waals surface area contributed by atoms with E-state index in [4.69, 9.17) is 0 Å². The Morgan fingerprint density at radius 2 is 1.61 bits per heavy atom. The first-order valence-electron chi connectivity index (χ1n) is 11.0. The molecular formula is C29H29N2+. The van der Waals surface area contributed by atoms with Crippen LogP contribution in [0.15, 0.2) is 110 Å². The predicted octanol–water partition coefficient (Wildman–Crippen LogP) is 6.71. The van der Waals surface area contributed by atoms with Gasteiger partial charge in [0.25, 0.3) is 0 Å². The van der Waals surface area contributed by atoms with Gasteiger partial charge >= 0.3 is 0 Å². The molecule has 0 N–H and O–H groups in total. The highest BCUT2D eigenvalue weighted by atomic mass is 15.1. The van der Waals surface area contributed by atoms with Crippen LogP contribution in [-0.4, -0.2) is 6.54 Å². The van der Waals surface area contributed by atoms with Crippen LogP contribution < -0.4 is 9.47 Å². The molecule has 0 fully saturated rings. The van der Waals surface area contributed by atoms with Crippen LogP contribution in [0.1, 0.15) is 25.0 Å². The van der Waals surface area contributed by atoms with E-state index in [2.05, 4.69) is 139 Å². The van der Waals surface area contributed by atoms with Crippen molar-refractivity contribution in [3.63, 3.8) is 0 Å². The standard InChI is InChI=1S/C29H29N2/c1-3-30-22-20-24(26-16-10-12-18-28(26)30)14-8-6-5-7-9-15-25-21-23-31(4-2)29-19-13-11-17-27(25)29/h5-23H,3-4H2,1-2H3/q+1. The number of allylic oxidation sites excluding steroid dienone is 8. The molecule has 154 valence electrons. The van der Waals surface area contributed by atoms with Gasteiger partial charge in [-0.2, -0.15) is 4.57 Å². The molecule has 0 saturated carbocycles. The number of fused-ring (bicyclic) bond motifs is 2. The lowest BCUT2D eigenvalue weighted by Crippen LogP contribution is -2.32. The number of benzene rings is 2. The monoisotopic (exact) mass is 405 g/mol. The molecule has 0 atom stereocenters. The number of aryl methyl sites for hydroxylation is 1. The second kappa shape index (κ2) is 9.90. The molecule has 0 amide bonds. The maximum Gasteiger partial charge on any atom is 0.213 e. The SMILES string of the molecule is CCN1C=C\C(=C/C=C/C=C/C=C/c2cc[n+](CC)c3ccccc23)c2ccccc21. The zero-order chi connectivity index (χ0) is 21.5. The molecule has 0 saturated heterocycles. The molecule has 1 aromatic heterocycles. The lowest BCUT2D eigenvalue weighted by atomic mass is 9.99. The van der Waals surface area contributed by atoms with Crippen molar-refractivity contribution >= 4 is 28.2 Å². The van der Waals surface area contributed by atoms with Crippen LogP contribution in [0.25, 0.3) is 22.6 Å². The van der Waals surface area contributed by atoms with E-state index in [0.717, 1.165) is 13.1 Å². The fourth-order valence-corrected chi connectivity index (χ4v) is 3.97. The minimum atomic E-state index is 0.973. The highest BCUT2D eigenvalue weighted by Gasteiger charge is 2.13. The summed E-state index contributed by atoms with van der Waals surface area (Å²) in [4.78, 5) is 2.27. The van der Waals surface area contributed by atoms with Gasteiger partial charge in [0.2, 0.25) is 5.52 Å². The van der Waals surface area contributed by atoms with E-state index >= 15 is 0 Å². The van der Waals surface area contributed by atoms with E-state index in [0.29, 0.717) is 0 Å². The highest BCUT2D eigenvalue weighted by molar-refractivity contribution is 5.87.